The molecule has 1 amide bonds. The second-order valence-electron chi connectivity index (χ2n) is 4.94. The fraction of sp³-hybridized carbons (Fsp3) is 0.462. The Kier molecular flexibility index (Phi) is 4.29. The second kappa shape index (κ2) is 5.80. The van der Waals surface area contributed by atoms with Crippen LogP contribution in [0.1, 0.15) is 16.8 Å². The molecule has 110 valence electrons. The SMILES string of the molecule is CN(c1ccc(C(=O)N[C@@H]2CCNC2)cc1)S(C)(=O)=O. The number of nitrogens with one attached hydrogen (secondary N) is 2. The molecule has 0 bridgehead atoms. The van der Waals surface area contributed by atoms with E-state index in [0.717, 1.165) is 25.8 Å². The molecule has 1 aliphatic rings. The summed E-state index contributed by atoms with van der Waals surface area (Å²) in [4.78, 5) is 12.0. The Morgan fingerprint density at radius 3 is 2.50 bits per heavy atom. The standard InChI is InChI=1S/C13H19N3O3S/c1-16(20(2,18)19)12-5-3-10(4-6-12)13(17)15-11-7-8-14-9-11/h3-6,11,14H,7-9H2,1-2H3,(H,15,17)/t11-/m1/s1. The zero-order valence-electron chi connectivity index (χ0n) is 11.6. The molecule has 0 spiro atoms. The summed E-state index contributed by atoms with van der Waals surface area (Å²) in [5.41, 5.74) is 1.06. The average molecular weight is 297 g/mol. The largest absolute Gasteiger partial charge is 0.348 e. The maximum Gasteiger partial charge on any atom is 0.251 e. The molecule has 1 fully saturated rings. The molecule has 1 atom stereocenters. The van der Waals surface area contributed by atoms with Gasteiger partial charge in [-0.05, 0) is 37.2 Å². The van der Waals surface area contributed by atoms with Crippen LogP contribution in [-0.2, 0) is 10.0 Å². The summed E-state index contributed by atoms with van der Waals surface area (Å²) in [5.74, 6) is -0.132. The molecular weight excluding hydrogens is 278 g/mol. The number of sulfonamides is 1. The van der Waals surface area contributed by atoms with Crippen LogP contribution in [0.3, 0.4) is 0 Å². The molecule has 0 saturated carbocycles. The van der Waals surface area contributed by atoms with Crippen LogP contribution in [0.15, 0.2) is 24.3 Å². The van der Waals surface area contributed by atoms with E-state index >= 15 is 0 Å². The summed E-state index contributed by atoms with van der Waals surface area (Å²) in [6.07, 6.45) is 2.07. The van der Waals surface area contributed by atoms with Gasteiger partial charge in [0, 0.05) is 25.2 Å². The Labute approximate surface area is 119 Å². The molecular formula is C13H19N3O3S. The lowest BCUT2D eigenvalue weighted by molar-refractivity contribution is 0.0940. The van der Waals surface area contributed by atoms with Gasteiger partial charge in [0.1, 0.15) is 0 Å². The van der Waals surface area contributed by atoms with Gasteiger partial charge >= 0.3 is 0 Å². The van der Waals surface area contributed by atoms with Gasteiger partial charge in [-0.1, -0.05) is 0 Å². The summed E-state index contributed by atoms with van der Waals surface area (Å²) in [7, 11) is -1.80. The van der Waals surface area contributed by atoms with Crippen molar-refractivity contribution in [3.8, 4) is 0 Å². The summed E-state index contributed by atoms with van der Waals surface area (Å²) in [6, 6.07) is 6.69. The molecule has 7 heteroatoms. The second-order valence-corrected chi connectivity index (χ2v) is 6.95. The van der Waals surface area contributed by atoms with E-state index in [1.54, 1.807) is 24.3 Å². The first-order valence-electron chi connectivity index (χ1n) is 6.43. The van der Waals surface area contributed by atoms with Crippen LogP contribution in [0.2, 0.25) is 0 Å². The Balaban J connectivity index is 2.05. The molecule has 6 nitrogen and oxygen atoms in total. The first-order chi connectivity index (χ1) is 9.38. The Morgan fingerprint density at radius 1 is 1.35 bits per heavy atom. The molecule has 1 aliphatic heterocycles. The van der Waals surface area contributed by atoms with Crippen molar-refractivity contribution in [3.05, 3.63) is 29.8 Å². The summed E-state index contributed by atoms with van der Waals surface area (Å²) in [5, 5.41) is 6.12. The van der Waals surface area contributed by atoms with E-state index in [0.29, 0.717) is 11.3 Å². The average Bonchev–Trinajstić information content (AvgIpc) is 2.90. The number of amides is 1. The minimum atomic E-state index is -3.28. The summed E-state index contributed by atoms with van der Waals surface area (Å²) >= 11 is 0. The Hall–Kier alpha value is -1.60. The lowest BCUT2D eigenvalue weighted by Gasteiger charge is -2.17. The van der Waals surface area contributed by atoms with Crippen LogP contribution < -0.4 is 14.9 Å². The lowest BCUT2D eigenvalue weighted by Crippen LogP contribution is -2.36. The molecule has 0 aromatic heterocycles. The van der Waals surface area contributed by atoms with Gasteiger partial charge in [-0.15, -0.1) is 0 Å². The van der Waals surface area contributed by atoms with Crippen LogP contribution >= 0.6 is 0 Å². The molecule has 1 saturated heterocycles. The highest BCUT2D eigenvalue weighted by molar-refractivity contribution is 7.92. The lowest BCUT2D eigenvalue weighted by atomic mass is 10.1. The number of benzene rings is 1. The number of hydrogen-bond acceptors (Lipinski definition) is 4. The van der Waals surface area contributed by atoms with Crippen molar-refractivity contribution < 1.29 is 13.2 Å². The predicted octanol–water partition coefficient (Wildman–Crippen LogP) is 0.174. The van der Waals surface area contributed by atoms with E-state index in [2.05, 4.69) is 10.6 Å². The smallest absolute Gasteiger partial charge is 0.251 e. The van der Waals surface area contributed by atoms with Gasteiger partial charge in [0.2, 0.25) is 10.0 Å². The van der Waals surface area contributed by atoms with E-state index in [9.17, 15) is 13.2 Å². The normalized spacial score (nSPS) is 18.8. The first-order valence-corrected chi connectivity index (χ1v) is 8.28. The number of nitrogens with zero attached hydrogens (tertiary/aromatic N) is 1. The molecule has 1 aromatic rings. The zero-order chi connectivity index (χ0) is 14.8. The third-order valence-corrected chi connectivity index (χ3v) is 4.59. The molecule has 2 rings (SSSR count). The monoisotopic (exact) mass is 297 g/mol. The number of hydrogen-bond donors (Lipinski definition) is 2. The highest BCUT2D eigenvalue weighted by Crippen LogP contribution is 2.16. The summed E-state index contributed by atoms with van der Waals surface area (Å²) < 4.78 is 24.0. The minimum absolute atomic E-state index is 0.132. The van der Waals surface area contributed by atoms with E-state index < -0.39 is 10.0 Å². The molecule has 20 heavy (non-hydrogen) atoms. The molecule has 0 radical (unpaired) electrons. The number of rotatable bonds is 4. The van der Waals surface area contributed by atoms with Crippen LogP contribution in [-0.4, -0.2) is 46.8 Å². The van der Waals surface area contributed by atoms with E-state index in [-0.39, 0.29) is 11.9 Å². The quantitative estimate of drug-likeness (QED) is 0.830. The fourth-order valence-corrected chi connectivity index (χ4v) is 2.57. The maximum atomic E-state index is 12.0. The van der Waals surface area contributed by atoms with Crippen molar-refractivity contribution in [2.75, 3.05) is 30.7 Å². The third kappa shape index (κ3) is 3.49. The van der Waals surface area contributed by atoms with Crippen LogP contribution in [0.5, 0.6) is 0 Å². The number of carbonyl (C=O) groups is 1. The van der Waals surface area contributed by atoms with Crippen molar-refractivity contribution in [3.63, 3.8) is 0 Å². The maximum absolute atomic E-state index is 12.0. The predicted molar refractivity (Wildman–Crippen MR) is 78.4 cm³/mol. The number of carbonyl (C=O) groups excluding carboxylic acids is 1. The molecule has 0 aliphatic carbocycles. The van der Waals surface area contributed by atoms with Crippen molar-refractivity contribution in [2.45, 2.75) is 12.5 Å². The fourth-order valence-electron chi connectivity index (χ4n) is 2.06. The van der Waals surface area contributed by atoms with Crippen LogP contribution in [0, 0.1) is 0 Å². The van der Waals surface area contributed by atoms with Gasteiger partial charge in [0.15, 0.2) is 0 Å². The minimum Gasteiger partial charge on any atom is -0.348 e. The van der Waals surface area contributed by atoms with Gasteiger partial charge in [-0.2, -0.15) is 0 Å². The van der Waals surface area contributed by atoms with Crippen molar-refractivity contribution >= 4 is 21.6 Å². The van der Waals surface area contributed by atoms with Crippen molar-refractivity contribution in [1.29, 1.82) is 0 Å². The Bertz CT molecular complexity index is 577. The molecule has 1 heterocycles. The van der Waals surface area contributed by atoms with E-state index in [4.69, 9.17) is 0 Å². The van der Waals surface area contributed by atoms with Crippen molar-refractivity contribution in [2.24, 2.45) is 0 Å². The van der Waals surface area contributed by atoms with Gasteiger partial charge < -0.3 is 10.6 Å². The van der Waals surface area contributed by atoms with E-state index in [1.807, 2.05) is 0 Å². The van der Waals surface area contributed by atoms with Crippen molar-refractivity contribution in [1.82, 2.24) is 10.6 Å². The molecule has 0 unspecified atom stereocenters. The van der Waals surface area contributed by atoms with Crippen LogP contribution in [0.25, 0.3) is 0 Å². The number of anilines is 1. The Morgan fingerprint density at radius 2 is 2.00 bits per heavy atom. The van der Waals surface area contributed by atoms with Gasteiger partial charge in [-0.25, -0.2) is 8.42 Å². The molecule has 1 aromatic carbocycles. The highest BCUT2D eigenvalue weighted by atomic mass is 32.2. The first kappa shape index (κ1) is 14.8. The van der Waals surface area contributed by atoms with Gasteiger partial charge in [-0.3, -0.25) is 9.10 Å². The summed E-state index contributed by atoms with van der Waals surface area (Å²) in [6.45, 7) is 1.71. The van der Waals surface area contributed by atoms with Crippen LogP contribution in [0.4, 0.5) is 5.69 Å². The zero-order valence-corrected chi connectivity index (χ0v) is 12.4. The third-order valence-electron chi connectivity index (χ3n) is 3.39. The van der Waals surface area contributed by atoms with Gasteiger partial charge in [0.05, 0.1) is 11.9 Å². The van der Waals surface area contributed by atoms with E-state index in [1.165, 1.54) is 11.4 Å². The topological polar surface area (TPSA) is 78.5 Å². The van der Waals surface area contributed by atoms with Gasteiger partial charge in [0.25, 0.3) is 5.91 Å². The highest BCUT2D eigenvalue weighted by Gasteiger charge is 2.18. The molecule has 2 N–H and O–H groups in total.